The van der Waals surface area contributed by atoms with E-state index in [0.29, 0.717) is 34.8 Å². The first-order valence-corrected chi connectivity index (χ1v) is 10.9. The second-order valence-electron chi connectivity index (χ2n) is 8.07. The van der Waals surface area contributed by atoms with Gasteiger partial charge in [0.05, 0.1) is 30.9 Å². The molecule has 0 amide bonds. The van der Waals surface area contributed by atoms with Gasteiger partial charge < -0.3 is 15.4 Å². The maximum atomic E-state index is 14.5. The number of aromatic nitrogens is 2. The van der Waals surface area contributed by atoms with Crippen molar-refractivity contribution in [3.63, 3.8) is 0 Å². The van der Waals surface area contributed by atoms with Crippen molar-refractivity contribution in [2.75, 3.05) is 25.5 Å². The van der Waals surface area contributed by atoms with Gasteiger partial charge in [-0.25, -0.2) is 9.37 Å². The fourth-order valence-electron chi connectivity index (χ4n) is 4.04. The largest absolute Gasteiger partial charge is 0.494 e. The van der Waals surface area contributed by atoms with Gasteiger partial charge >= 0.3 is 0 Å². The topological polar surface area (TPSA) is 92.0 Å². The normalized spacial score (nSPS) is 14.0. The third kappa shape index (κ3) is 4.73. The zero-order valence-corrected chi connectivity index (χ0v) is 18.7. The summed E-state index contributed by atoms with van der Waals surface area (Å²) in [4.78, 5) is 18.4. The van der Waals surface area contributed by atoms with Gasteiger partial charge in [0.15, 0.2) is 11.6 Å². The van der Waals surface area contributed by atoms with Crippen LogP contribution in [0.1, 0.15) is 18.4 Å². The summed E-state index contributed by atoms with van der Waals surface area (Å²) >= 11 is 0. The number of halogens is 1. The van der Waals surface area contributed by atoms with Gasteiger partial charge in [-0.05, 0) is 49.2 Å². The average Bonchev–Trinajstić information content (AvgIpc) is 2.83. The molecule has 1 fully saturated rings. The third-order valence-corrected chi connectivity index (χ3v) is 5.91. The molecule has 33 heavy (non-hydrogen) atoms. The average molecular weight is 448 g/mol. The number of piperidine rings is 1. The third-order valence-electron chi connectivity index (χ3n) is 5.91. The number of hydrogen-bond donors (Lipinski definition) is 2. The predicted octanol–water partition coefficient (Wildman–Crippen LogP) is 3.49. The number of hydrogen-bond acceptors (Lipinski definition) is 6. The molecule has 0 spiro atoms. The van der Waals surface area contributed by atoms with Gasteiger partial charge in [0.1, 0.15) is 0 Å². The Bertz CT molecular complexity index is 1240. The standard InChI is InChI=1S/C25H26FN5O2/c1-31-24(32)22(18-7-8-21(33-2)20(26)15-18)23(17-5-3-16(4-6-17)9-12-27)30-25(31)29-19-10-13-28-14-11-19/h3-8,15,19,28H,9-11,13-14H2,1-2H3,(H,29,30). The summed E-state index contributed by atoms with van der Waals surface area (Å²) in [6, 6.07) is 14.2. The zero-order chi connectivity index (χ0) is 23.4. The highest BCUT2D eigenvalue weighted by Gasteiger charge is 2.21. The molecule has 1 aliphatic heterocycles. The smallest absolute Gasteiger partial charge is 0.263 e. The molecule has 0 saturated carbocycles. The molecule has 1 aliphatic rings. The Balaban J connectivity index is 1.86. The quantitative estimate of drug-likeness (QED) is 0.601. The fraction of sp³-hybridized carbons (Fsp3) is 0.320. The molecule has 0 unspecified atom stereocenters. The highest BCUT2D eigenvalue weighted by molar-refractivity contribution is 5.81. The second-order valence-corrected chi connectivity index (χ2v) is 8.07. The Morgan fingerprint density at radius 2 is 1.91 bits per heavy atom. The molecule has 7 nitrogen and oxygen atoms in total. The molecule has 8 heteroatoms. The van der Waals surface area contributed by atoms with Gasteiger partial charge in [0, 0.05) is 18.7 Å². The Morgan fingerprint density at radius 3 is 2.55 bits per heavy atom. The van der Waals surface area contributed by atoms with Crippen molar-refractivity contribution < 1.29 is 9.13 Å². The van der Waals surface area contributed by atoms with Crippen LogP contribution in [0.3, 0.4) is 0 Å². The Hall–Kier alpha value is -3.70. The van der Waals surface area contributed by atoms with Crippen LogP contribution in [0, 0.1) is 17.1 Å². The number of rotatable bonds is 6. The van der Waals surface area contributed by atoms with E-state index >= 15 is 0 Å². The number of nitrogens with zero attached hydrogens (tertiary/aromatic N) is 3. The van der Waals surface area contributed by atoms with E-state index in [2.05, 4.69) is 16.7 Å². The number of methoxy groups -OCH3 is 1. The lowest BCUT2D eigenvalue weighted by Crippen LogP contribution is -2.37. The van der Waals surface area contributed by atoms with Crippen LogP contribution < -0.4 is 20.9 Å². The minimum Gasteiger partial charge on any atom is -0.494 e. The Kier molecular flexibility index (Phi) is 6.71. The highest BCUT2D eigenvalue weighted by Crippen LogP contribution is 2.32. The van der Waals surface area contributed by atoms with E-state index < -0.39 is 5.82 Å². The number of benzene rings is 2. The second kappa shape index (κ2) is 9.84. The fourth-order valence-corrected chi connectivity index (χ4v) is 4.04. The van der Waals surface area contributed by atoms with Crippen LogP contribution in [0.25, 0.3) is 22.4 Å². The van der Waals surface area contributed by atoms with E-state index in [0.717, 1.165) is 31.5 Å². The molecule has 3 aromatic rings. The van der Waals surface area contributed by atoms with Gasteiger partial charge in [-0.15, -0.1) is 0 Å². The monoisotopic (exact) mass is 447 g/mol. The summed E-state index contributed by atoms with van der Waals surface area (Å²) in [5.74, 6) is 0.0279. The van der Waals surface area contributed by atoms with E-state index in [4.69, 9.17) is 15.0 Å². The van der Waals surface area contributed by atoms with Crippen LogP contribution in [-0.2, 0) is 13.5 Å². The SMILES string of the molecule is COc1ccc(-c2c(-c3ccc(CC#N)cc3)nc(NC3CCNCC3)n(C)c2=O)cc1F. The van der Waals surface area contributed by atoms with Crippen LogP contribution in [0.5, 0.6) is 5.75 Å². The molecule has 0 aliphatic carbocycles. The van der Waals surface area contributed by atoms with E-state index in [-0.39, 0.29) is 17.4 Å². The summed E-state index contributed by atoms with van der Waals surface area (Å²) in [6.45, 7) is 1.81. The summed E-state index contributed by atoms with van der Waals surface area (Å²) in [6.07, 6.45) is 2.16. The van der Waals surface area contributed by atoms with Gasteiger partial charge in [-0.2, -0.15) is 5.26 Å². The molecule has 1 aromatic heterocycles. The van der Waals surface area contributed by atoms with Crippen molar-refractivity contribution in [2.45, 2.75) is 25.3 Å². The first kappa shape index (κ1) is 22.5. The first-order valence-electron chi connectivity index (χ1n) is 10.9. The summed E-state index contributed by atoms with van der Waals surface area (Å²) < 4.78 is 21.0. The molecule has 4 rings (SSSR count). The van der Waals surface area contributed by atoms with Crippen LogP contribution in [0.2, 0.25) is 0 Å². The van der Waals surface area contributed by atoms with Crippen molar-refractivity contribution in [2.24, 2.45) is 7.05 Å². The Morgan fingerprint density at radius 1 is 1.21 bits per heavy atom. The van der Waals surface area contributed by atoms with Crippen LogP contribution in [-0.4, -0.2) is 35.8 Å². The minimum absolute atomic E-state index is 0.107. The van der Waals surface area contributed by atoms with Crippen molar-refractivity contribution in [1.29, 1.82) is 5.26 Å². The lowest BCUT2D eigenvalue weighted by Gasteiger charge is -2.25. The van der Waals surface area contributed by atoms with E-state index in [1.807, 2.05) is 24.3 Å². The number of nitrogens with one attached hydrogen (secondary N) is 2. The molecule has 2 aromatic carbocycles. The molecule has 2 heterocycles. The van der Waals surface area contributed by atoms with E-state index in [1.165, 1.54) is 23.8 Å². The lowest BCUT2D eigenvalue weighted by molar-refractivity contribution is 0.386. The minimum atomic E-state index is -0.552. The summed E-state index contributed by atoms with van der Waals surface area (Å²) in [7, 11) is 3.07. The molecule has 0 bridgehead atoms. The molecule has 1 saturated heterocycles. The van der Waals surface area contributed by atoms with Crippen molar-refractivity contribution in [1.82, 2.24) is 14.9 Å². The van der Waals surface area contributed by atoms with Crippen molar-refractivity contribution in [3.8, 4) is 34.2 Å². The van der Waals surface area contributed by atoms with Crippen LogP contribution >= 0.6 is 0 Å². The molecule has 2 N–H and O–H groups in total. The van der Waals surface area contributed by atoms with Crippen LogP contribution in [0.4, 0.5) is 10.3 Å². The van der Waals surface area contributed by atoms with Gasteiger partial charge in [-0.1, -0.05) is 30.3 Å². The molecule has 0 atom stereocenters. The van der Waals surface area contributed by atoms with Crippen molar-refractivity contribution >= 4 is 5.95 Å². The molecule has 170 valence electrons. The maximum Gasteiger partial charge on any atom is 0.263 e. The van der Waals surface area contributed by atoms with Gasteiger partial charge in [0.2, 0.25) is 5.95 Å². The van der Waals surface area contributed by atoms with Crippen molar-refractivity contribution in [3.05, 3.63) is 64.2 Å². The maximum absolute atomic E-state index is 14.5. The molecular formula is C25H26FN5O2. The van der Waals surface area contributed by atoms with Gasteiger partial charge in [-0.3, -0.25) is 9.36 Å². The number of ether oxygens (including phenoxy) is 1. The van der Waals surface area contributed by atoms with E-state index in [1.54, 1.807) is 13.1 Å². The Labute approximate surface area is 191 Å². The zero-order valence-electron chi connectivity index (χ0n) is 18.7. The van der Waals surface area contributed by atoms with Gasteiger partial charge in [0.25, 0.3) is 5.56 Å². The molecule has 0 radical (unpaired) electrons. The number of anilines is 1. The highest BCUT2D eigenvalue weighted by atomic mass is 19.1. The summed E-state index contributed by atoms with van der Waals surface area (Å²) in [5.41, 5.74) is 2.50. The lowest BCUT2D eigenvalue weighted by atomic mass is 9.99. The van der Waals surface area contributed by atoms with Crippen LogP contribution in [0.15, 0.2) is 47.3 Å². The first-order chi connectivity index (χ1) is 16.0. The molecular weight excluding hydrogens is 421 g/mol. The predicted molar refractivity (Wildman–Crippen MR) is 126 cm³/mol. The number of nitriles is 1. The van der Waals surface area contributed by atoms with E-state index in [9.17, 15) is 9.18 Å². The summed E-state index contributed by atoms with van der Waals surface area (Å²) in [5, 5.41) is 15.7.